The molecule has 0 aromatic heterocycles. The quantitative estimate of drug-likeness (QED) is 0.189. The van der Waals surface area contributed by atoms with E-state index in [1.165, 1.54) is 11.1 Å². The number of carbonyl (C=O) groups is 1. The standard InChI is InChI=1S/C24H28O4S/c1-18(2)24(26)28-15-16-29-22-10-6-8-20(17-22)11-12-23(25)27-14-13-21-9-5-4-7-19(21)3/h4-12,17,23,25H,1,13-16H2,2-3H3/b12-11+. The van der Waals surface area contributed by atoms with Crippen LogP contribution in [0.4, 0.5) is 0 Å². The zero-order chi connectivity index (χ0) is 21.1. The van der Waals surface area contributed by atoms with E-state index in [2.05, 4.69) is 25.6 Å². The second-order valence-electron chi connectivity index (χ2n) is 6.63. The SMILES string of the molecule is C=C(C)C(=O)OCCSc1cccc(/C=C/C(O)OCCc2ccccc2C)c1. The van der Waals surface area contributed by atoms with Crippen LogP contribution in [0.2, 0.25) is 0 Å². The smallest absolute Gasteiger partial charge is 0.333 e. The number of carbonyl (C=O) groups excluding carboxylic acids is 1. The van der Waals surface area contributed by atoms with Gasteiger partial charge in [-0.25, -0.2) is 4.79 Å². The van der Waals surface area contributed by atoms with Crippen LogP contribution in [0.1, 0.15) is 23.6 Å². The van der Waals surface area contributed by atoms with E-state index in [-0.39, 0.29) is 5.97 Å². The topological polar surface area (TPSA) is 55.8 Å². The van der Waals surface area contributed by atoms with Crippen molar-refractivity contribution >= 4 is 23.8 Å². The Kier molecular flexibility index (Phi) is 9.71. The van der Waals surface area contributed by atoms with E-state index in [0.29, 0.717) is 24.5 Å². The fourth-order valence-corrected chi connectivity index (χ4v) is 3.35. The summed E-state index contributed by atoms with van der Waals surface area (Å²) in [6, 6.07) is 16.1. The number of aliphatic hydroxyl groups excluding tert-OH is 1. The molecule has 0 bridgehead atoms. The molecular formula is C24H28O4S. The minimum Gasteiger partial charge on any atom is -0.461 e. The van der Waals surface area contributed by atoms with Crippen molar-refractivity contribution in [3.05, 3.63) is 83.4 Å². The molecule has 1 atom stereocenters. The van der Waals surface area contributed by atoms with Crippen LogP contribution < -0.4 is 0 Å². The number of benzene rings is 2. The molecule has 2 rings (SSSR count). The molecule has 1 unspecified atom stereocenters. The van der Waals surface area contributed by atoms with Crippen molar-refractivity contribution in [2.45, 2.75) is 31.5 Å². The van der Waals surface area contributed by atoms with Crippen LogP contribution >= 0.6 is 11.8 Å². The van der Waals surface area contributed by atoms with Gasteiger partial charge in [-0.3, -0.25) is 0 Å². The predicted octanol–water partition coefficient (Wildman–Crippen LogP) is 4.80. The third-order valence-electron chi connectivity index (χ3n) is 4.17. The van der Waals surface area contributed by atoms with Crippen LogP contribution in [0.5, 0.6) is 0 Å². The van der Waals surface area contributed by atoms with Gasteiger partial charge in [-0.15, -0.1) is 11.8 Å². The van der Waals surface area contributed by atoms with E-state index in [1.807, 2.05) is 42.5 Å². The first kappa shape index (κ1) is 22.9. The zero-order valence-corrected chi connectivity index (χ0v) is 17.8. The van der Waals surface area contributed by atoms with Gasteiger partial charge >= 0.3 is 5.97 Å². The summed E-state index contributed by atoms with van der Waals surface area (Å²) in [4.78, 5) is 12.4. The summed E-state index contributed by atoms with van der Waals surface area (Å²) < 4.78 is 10.6. The number of rotatable bonds is 11. The summed E-state index contributed by atoms with van der Waals surface area (Å²) >= 11 is 1.60. The van der Waals surface area contributed by atoms with E-state index < -0.39 is 6.29 Å². The number of hydrogen-bond acceptors (Lipinski definition) is 5. The summed E-state index contributed by atoms with van der Waals surface area (Å²) in [5, 5.41) is 10.0. The number of aliphatic hydroxyl groups is 1. The Morgan fingerprint density at radius 3 is 2.76 bits per heavy atom. The fraction of sp³-hybridized carbons (Fsp3) is 0.292. The highest BCUT2D eigenvalue weighted by molar-refractivity contribution is 7.99. The maximum atomic E-state index is 11.4. The molecular weight excluding hydrogens is 384 g/mol. The molecule has 0 fully saturated rings. The van der Waals surface area contributed by atoms with E-state index in [0.717, 1.165) is 16.9 Å². The number of esters is 1. The number of hydrogen-bond donors (Lipinski definition) is 1. The average Bonchev–Trinajstić information content (AvgIpc) is 2.71. The number of thioether (sulfide) groups is 1. The Bertz CT molecular complexity index is 844. The van der Waals surface area contributed by atoms with Gasteiger partial charge in [0.2, 0.25) is 0 Å². The van der Waals surface area contributed by atoms with Crippen molar-refractivity contribution in [3.8, 4) is 0 Å². The lowest BCUT2D eigenvalue weighted by Crippen LogP contribution is -2.11. The Hall–Kier alpha value is -2.34. The van der Waals surface area contributed by atoms with Crippen molar-refractivity contribution in [1.82, 2.24) is 0 Å². The molecule has 1 N–H and O–H groups in total. The molecule has 2 aromatic carbocycles. The van der Waals surface area contributed by atoms with Crippen molar-refractivity contribution < 1.29 is 19.4 Å². The lowest BCUT2D eigenvalue weighted by atomic mass is 10.1. The van der Waals surface area contributed by atoms with Crippen LogP contribution in [0.15, 0.2) is 71.7 Å². The highest BCUT2D eigenvalue weighted by Crippen LogP contribution is 2.20. The van der Waals surface area contributed by atoms with Gasteiger partial charge in [0, 0.05) is 16.2 Å². The van der Waals surface area contributed by atoms with E-state index in [9.17, 15) is 9.90 Å². The normalized spacial score (nSPS) is 12.1. The average molecular weight is 413 g/mol. The minimum atomic E-state index is -0.947. The van der Waals surface area contributed by atoms with Crippen LogP contribution in [0, 0.1) is 6.92 Å². The first-order valence-corrected chi connectivity index (χ1v) is 10.5. The van der Waals surface area contributed by atoms with E-state index in [4.69, 9.17) is 9.47 Å². The highest BCUT2D eigenvalue weighted by Gasteiger charge is 2.04. The van der Waals surface area contributed by atoms with Crippen LogP contribution in [-0.2, 0) is 20.7 Å². The lowest BCUT2D eigenvalue weighted by Gasteiger charge is -2.09. The van der Waals surface area contributed by atoms with Gasteiger partial charge in [0.25, 0.3) is 0 Å². The molecule has 4 nitrogen and oxygen atoms in total. The van der Waals surface area contributed by atoms with Gasteiger partial charge in [-0.2, -0.15) is 0 Å². The van der Waals surface area contributed by atoms with Crippen molar-refractivity contribution in [1.29, 1.82) is 0 Å². The second-order valence-corrected chi connectivity index (χ2v) is 7.80. The van der Waals surface area contributed by atoms with E-state index in [1.54, 1.807) is 24.8 Å². The molecule has 0 saturated carbocycles. The lowest BCUT2D eigenvalue weighted by molar-refractivity contribution is -0.138. The third-order valence-corrected chi connectivity index (χ3v) is 5.12. The first-order chi connectivity index (χ1) is 14.0. The Morgan fingerprint density at radius 2 is 2.00 bits per heavy atom. The summed E-state index contributed by atoms with van der Waals surface area (Å²) in [6.45, 7) is 8.05. The Morgan fingerprint density at radius 1 is 1.21 bits per heavy atom. The van der Waals surface area contributed by atoms with Crippen molar-refractivity contribution in [2.24, 2.45) is 0 Å². The highest BCUT2D eigenvalue weighted by atomic mass is 32.2. The number of aryl methyl sites for hydroxylation is 1. The Balaban J connectivity index is 1.75. The van der Waals surface area contributed by atoms with Gasteiger partial charge < -0.3 is 14.6 Å². The van der Waals surface area contributed by atoms with Gasteiger partial charge in [0.05, 0.1) is 6.61 Å². The van der Waals surface area contributed by atoms with Crippen molar-refractivity contribution in [2.75, 3.05) is 19.0 Å². The summed E-state index contributed by atoms with van der Waals surface area (Å²) in [5.74, 6) is 0.301. The fourth-order valence-electron chi connectivity index (χ4n) is 2.55. The maximum Gasteiger partial charge on any atom is 0.333 e. The molecule has 5 heteroatoms. The molecule has 0 aliphatic rings. The third kappa shape index (κ3) is 8.69. The molecule has 0 saturated heterocycles. The number of ether oxygens (including phenoxy) is 2. The minimum absolute atomic E-state index is 0.337. The van der Waals surface area contributed by atoms with Gasteiger partial charge in [-0.05, 0) is 55.2 Å². The van der Waals surface area contributed by atoms with E-state index >= 15 is 0 Å². The monoisotopic (exact) mass is 412 g/mol. The molecule has 154 valence electrons. The Labute approximate surface area is 177 Å². The molecule has 0 heterocycles. The molecule has 0 amide bonds. The molecule has 0 radical (unpaired) electrons. The summed E-state index contributed by atoms with van der Waals surface area (Å²) in [5.41, 5.74) is 3.82. The second kappa shape index (κ2) is 12.3. The van der Waals surface area contributed by atoms with Crippen LogP contribution in [0.3, 0.4) is 0 Å². The molecule has 0 spiro atoms. The molecule has 0 aliphatic heterocycles. The van der Waals surface area contributed by atoms with Crippen LogP contribution in [-0.4, -0.2) is 36.3 Å². The molecule has 0 aliphatic carbocycles. The van der Waals surface area contributed by atoms with Gasteiger partial charge in [0.15, 0.2) is 6.29 Å². The summed E-state index contributed by atoms with van der Waals surface area (Å²) in [7, 11) is 0. The molecule has 2 aromatic rings. The summed E-state index contributed by atoms with van der Waals surface area (Å²) in [6.07, 6.45) is 3.29. The largest absolute Gasteiger partial charge is 0.461 e. The van der Waals surface area contributed by atoms with Gasteiger partial charge in [0.1, 0.15) is 6.61 Å². The predicted molar refractivity (Wildman–Crippen MR) is 119 cm³/mol. The first-order valence-electron chi connectivity index (χ1n) is 9.53. The van der Waals surface area contributed by atoms with Crippen LogP contribution in [0.25, 0.3) is 6.08 Å². The van der Waals surface area contributed by atoms with Crippen molar-refractivity contribution in [3.63, 3.8) is 0 Å². The maximum absolute atomic E-state index is 11.4. The van der Waals surface area contributed by atoms with Gasteiger partial charge in [-0.1, -0.05) is 49.1 Å². The molecule has 29 heavy (non-hydrogen) atoms. The zero-order valence-electron chi connectivity index (χ0n) is 17.0.